The predicted molar refractivity (Wildman–Crippen MR) is 87.2 cm³/mol. The third kappa shape index (κ3) is 2.79. The first-order valence-corrected chi connectivity index (χ1v) is 8.77. The van der Waals surface area contributed by atoms with Crippen molar-refractivity contribution in [3.05, 3.63) is 16.1 Å². The third-order valence-electron chi connectivity index (χ3n) is 5.28. The second-order valence-corrected chi connectivity index (χ2v) is 7.63. The highest BCUT2D eigenvalue weighted by Crippen LogP contribution is 2.39. The number of fused-ring (bicyclic) bond motifs is 1. The fraction of sp³-hybridized carbons (Fsp3) is 0.750. The topological polar surface area (TPSA) is 45.7 Å². The fourth-order valence-electron chi connectivity index (χ4n) is 4.00. The van der Waals surface area contributed by atoms with Crippen molar-refractivity contribution in [1.82, 2.24) is 14.8 Å². The monoisotopic (exact) mass is 323 g/mol. The Bertz CT molecular complexity index is 545. The molecule has 2 heterocycles. The first-order chi connectivity index (χ1) is 10.5. The van der Waals surface area contributed by atoms with E-state index in [1.54, 1.807) is 12.6 Å². The minimum atomic E-state index is 0.157. The highest BCUT2D eigenvalue weighted by Gasteiger charge is 2.44. The second kappa shape index (κ2) is 6.26. The van der Waals surface area contributed by atoms with Gasteiger partial charge in [0.15, 0.2) is 0 Å². The molecule has 3 rings (SSSR count). The first kappa shape index (κ1) is 15.9. The van der Waals surface area contributed by atoms with Crippen LogP contribution >= 0.6 is 11.3 Å². The number of amides is 1. The van der Waals surface area contributed by atoms with Crippen molar-refractivity contribution in [3.8, 4) is 0 Å². The molecule has 0 aromatic carbocycles. The van der Waals surface area contributed by atoms with E-state index in [2.05, 4.69) is 24.0 Å². The molecule has 1 saturated heterocycles. The summed E-state index contributed by atoms with van der Waals surface area (Å²) in [5.41, 5.74) is 2.61. The molecule has 2 fully saturated rings. The number of hydrogen-bond donors (Lipinski definition) is 0. The minimum absolute atomic E-state index is 0.157. The van der Waals surface area contributed by atoms with Gasteiger partial charge in [-0.15, -0.1) is 11.3 Å². The van der Waals surface area contributed by atoms with E-state index in [1.807, 2.05) is 11.8 Å². The van der Waals surface area contributed by atoms with Crippen LogP contribution in [0, 0.1) is 18.8 Å². The van der Waals surface area contributed by atoms with Crippen LogP contribution in [0.2, 0.25) is 0 Å². The molecule has 0 unspecified atom stereocenters. The van der Waals surface area contributed by atoms with Crippen LogP contribution in [-0.2, 0) is 4.74 Å². The molecular weight excluding hydrogens is 298 g/mol. The van der Waals surface area contributed by atoms with Gasteiger partial charge in [-0.25, -0.2) is 4.98 Å². The van der Waals surface area contributed by atoms with Crippen molar-refractivity contribution < 1.29 is 9.53 Å². The van der Waals surface area contributed by atoms with E-state index in [-0.39, 0.29) is 12.0 Å². The van der Waals surface area contributed by atoms with Gasteiger partial charge >= 0.3 is 0 Å². The minimum Gasteiger partial charge on any atom is -0.380 e. The van der Waals surface area contributed by atoms with Crippen molar-refractivity contribution in [1.29, 1.82) is 0 Å². The smallest absolute Gasteiger partial charge is 0.265 e. The van der Waals surface area contributed by atoms with Crippen molar-refractivity contribution >= 4 is 17.2 Å². The van der Waals surface area contributed by atoms with Gasteiger partial charge in [0.1, 0.15) is 4.88 Å². The molecule has 1 saturated carbocycles. The Labute approximate surface area is 136 Å². The van der Waals surface area contributed by atoms with Gasteiger partial charge in [-0.3, -0.25) is 4.79 Å². The molecule has 1 aliphatic carbocycles. The van der Waals surface area contributed by atoms with Crippen LogP contribution in [0.4, 0.5) is 0 Å². The number of methoxy groups -OCH3 is 1. The summed E-state index contributed by atoms with van der Waals surface area (Å²) in [5, 5.41) is 0. The van der Waals surface area contributed by atoms with Crippen molar-refractivity contribution in [2.24, 2.45) is 11.8 Å². The van der Waals surface area contributed by atoms with Crippen LogP contribution in [-0.4, -0.2) is 67.1 Å². The zero-order chi connectivity index (χ0) is 15.9. The van der Waals surface area contributed by atoms with Gasteiger partial charge in [0.2, 0.25) is 0 Å². The molecule has 0 bridgehead atoms. The second-order valence-electron chi connectivity index (χ2n) is 6.77. The quantitative estimate of drug-likeness (QED) is 0.852. The number of aromatic nitrogens is 1. The summed E-state index contributed by atoms with van der Waals surface area (Å²) >= 11 is 1.45. The maximum atomic E-state index is 12.7. The Kier molecular flexibility index (Phi) is 4.52. The molecule has 1 aromatic heterocycles. The van der Waals surface area contributed by atoms with Gasteiger partial charge in [-0.1, -0.05) is 0 Å². The highest BCUT2D eigenvalue weighted by atomic mass is 32.1. The molecule has 22 heavy (non-hydrogen) atoms. The number of hydrogen-bond acceptors (Lipinski definition) is 5. The molecule has 1 aliphatic heterocycles. The van der Waals surface area contributed by atoms with Crippen LogP contribution in [0.1, 0.15) is 28.2 Å². The van der Waals surface area contributed by atoms with Crippen LogP contribution < -0.4 is 0 Å². The molecular formula is C16H25N3O2S. The van der Waals surface area contributed by atoms with E-state index in [4.69, 9.17) is 4.74 Å². The van der Waals surface area contributed by atoms with Crippen LogP contribution in [0.5, 0.6) is 0 Å². The van der Waals surface area contributed by atoms with Gasteiger partial charge < -0.3 is 14.5 Å². The van der Waals surface area contributed by atoms with Gasteiger partial charge in [0.05, 0.1) is 17.3 Å². The largest absolute Gasteiger partial charge is 0.380 e. The lowest BCUT2D eigenvalue weighted by molar-refractivity contribution is -0.0209. The number of rotatable bonds is 3. The number of likely N-dealkylation sites (tertiary alicyclic amines) is 1. The molecule has 0 spiro atoms. The van der Waals surface area contributed by atoms with E-state index in [0.717, 1.165) is 36.5 Å². The normalized spacial score (nSPS) is 31.6. The van der Waals surface area contributed by atoms with Gasteiger partial charge in [-0.05, 0) is 45.7 Å². The Balaban J connectivity index is 1.71. The molecule has 2 aliphatic rings. The van der Waals surface area contributed by atoms with Crippen LogP contribution in [0.3, 0.4) is 0 Å². The lowest BCUT2D eigenvalue weighted by Crippen LogP contribution is -2.47. The summed E-state index contributed by atoms with van der Waals surface area (Å²) in [6.07, 6.45) is 2.44. The van der Waals surface area contributed by atoms with Crippen LogP contribution in [0.15, 0.2) is 5.51 Å². The molecule has 5 nitrogen and oxygen atoms in total. The van der Waals surface area contributed by atoms with E-state index < -0.39 is 0 Å². The zero-order valence-corrected chi connectivity index (χ0v) is 14.6. The third-order valence-corrected chi connectivity index (χ3v) is 6.19. The van der Waals surface area contributed by atoms with E-state index in [9.17, 15) is 4.79 Å². The first-order valence-electron chi connectivity index (χ1n) is 7.89. The average molecular weight is 323 g/mol. The Morgan fingerprint density at radius 2 is 2.05 bits per heavy atom. The fourth-order valence-corrected chi connectivity index (χ4v) is 4.77. The molecule has 0 radical (unpaired) electrons. The summed E-state index contributed by atoms with van der Waals surface area (Å²) in [7, 11) is 6.05. The Morgan fingerprint density at radius 3 is 2.59 bits per heavy atom. The average Bonchev–Trinajstić information content (AvgIpc) is 3.10. The predicted octanol–water partition coefficient (Wildman–Crippen LogP) is 1.88. The highest BCUT2D eigenvalue weighted by molar-refractivity contribution is 7.11. The Morgan fingerprint density at radius 1 is 1.36 bits per heavy atom. The van der Waals surface area contributed by atoms with Gasteiger partial charge in [0.25, 0.3) is 5.91 Å². The number of carbonyl (C=O) groups is 1. The zero-order valence-electron chi connectivity index (χ0n) is 13.8. The molecule has 1 amide bonds. The standard InChI is InChI=1S/C16H25N3O2S/c1-10-15(22-9-17-10)16(20)19-7-11-5-13(18(2)3)14(21-4)6-12(11)8-19/h9,11-14H,5-8H2,1-4H3/t11-,12+,13-,14-/m1/s1. The van der Waals surface area contributed by atoms with Crippen molar-refractivity contribution in [2.75, 3.05) is 34.3 Å². The van der Waals surface area contributed by atoms with Crippen molar-refractivity contribution in [3.63, 3.8) is 0 Å². The van der Waals surface area contributed by atoms with Gasteiger partial charge in [0, 0.05) is 26.2 Å². The number of nitrogens with zero attached hydrogens (tertiary/aromatic N) is 3. The Hall–Kier alpha value is -0.980. The molecule has 6 heteroatoms. The molecule has 122 valence electrons. The van der Waals surface area contributed by atoms with Crippen LogP contribution in [0.25, 0.3) is 0 Å². The summed E-state index contributed by atoms with van der Waals surface area (Å²) in [5.74, 6) is 1.32. The molecule has 4 atom stereocenters. The number of ether oxygens (including phenoxy) is 1. The summed E-state index contributed by atoms with van der Waals surface area (Å²) in [6, 6.07) is 0.450. The van der Waals surface area contributed by atoms with E-state index >= 15 is 0 Å². The molecule has 0 N–H and O–H groups in total. The number of likely N-dealkylation sites (N-methyl/N-ethyl adjacent to an activating group) is 1. The summed E-state index contributed by atoms with van der Waals surface area (Å²) in [4.78, 5) is 22.0. The summed E-state index contributed by atoms with van der Waals surface area (Å²) in [6.45, 7) is 3.65. The summed E-state index contributed by atoms with van der Waals surface area (Å²) < 4.78 is 5.71. The number of carbonyl (C=O) groups excluding carboxylic acids is 1. The van der Waals surface area contributed by atoms with E-state index in [1.165, 1.54) is 11.3 Å². The molecule has 1 aromatic rings. The van der Waals surface area contributed by atoms with E-state index in [0.29, 0.717) is 17.9 Å². The van der Waals surface area contributed by atoms with Crippen molar-refractivity contribution in [2.45, 2.75) is 31.9 Å². The lowest BCUT2D eigenvalue weighted by Gasteiger charge is -2.40. The maximum absolute atomic E-state index is 12.7. The SMILES string of the molecule is CO[C@@H]1C[C@H]2CN(C(=O)c3scnc3C)C[C@H]2C[C@H]1N(C)C. The lowest BCUT2D eigenvalue weighted by atomic mass is 9.77. The number of thiazole rings is 1. The number of aryl methyl sites for hydroxylation is 1. The van der Waals surface area contributed by atoms with Gasteiger partial charge in [-0.2, -0.15) is 0 Å². The maximum Gasteiger partial charge on any atom is 0.265 e.